The van der Waals surface area contributed by atoms with Gasteiger partial charge >= 0.3 is 0 Å². The number of hydrogen-bond acceptors (Lipinski definition) is 2. The number of carbonyl (C=O) groups is 1. The van der Waals surface area contributed by atoms with Gasteiger partial charge in [-0.1, -0.05) is 48.0 Å². The van der Waals surface area contributed by atoms with Crippen molar-refractivity contribution in [1.29, 1.82) is 0 Å². The van der Waals surface area contributed by atoms with Gasteiger partial charge in [-0.25, -0.2) is 0 Å². The normalized spacial score (nSPS) is 17.3. The van der Waals surface area contributed by atoms with Gasteiger partial charge in [0.1, 0.15) is 0 Å². The van der Waals surface area contributed by atoms with Crippen LogP contribution in [0.4, 0.5) is 11.4 Å². The first kappa shape index (κ1) is 15.8. The van der Waals surface area contributed by atoms with Crippen molar-refractivity contribution in [3.8, 4) is 0 Å². The van der Waals surface area contributed by atoms with Gasteiger partial charge in [0, 0.05) is 14.9 Å². The lowest BCUT2D eigenvalue weighted by Crippen LogP contribution is -2.24. The van der Waals surface area contributed by atoms with Crippen LogP contribution < -0.4 is 11.1 Å². The van der Waals surface area contributed by atoms with Gasteiger partial charge < -0.3 is 11.1 Å². The molecular formula is C15H20Br2N2O. The Morgan fingerprint density at radius 2 is 1.70 bits per heavy atom. The molecule has 1 aliphatic rings. The first-order chi connectivity index (χ1) is 9.58. The van der Waals surface area contributed by atoms with Gasteiger partial charge in [0.25, 0.3) is 0 Å². The summed E-state index contributed by atoms with van der Waals surface area (Å²) in [4.78, 5) is 12.4. The number of halogens is 2. The molecule has 3 N–H and O–H groups in total. The van der Waals surface area contributed by atoms with Gasteiger partial charge in [-0.15, -0.1) is 0 Å². The van der Waals surface area contributed by atoms with Crippen LogP contribution in [0.2, 0.25) is 0 Å². The Labute approximate surface area is 136 Å². The molecule has 0 aromatic heterocycles. The van der Waals surface area contributed by atoms with Crippen molar-refractivity contribution < 1.29 is 4.79 Å². The van der Waals surface area contributed by atoms with E-state index in [1.807, 2.05) is 6.07 Å². The fourth-order valence-corrected chi connectivity index (χ4v) is 4.03. The second kappa shape index (κ2) is 7.46. The molecule has 110 valence electrons. The highest BCUT2D eigenvalue weighted by molar-refractivity contribution is 9.11. The molecule has 1 saturated carbocycles. The molecular weight excluding hydrogens is 384 g/mol. The van der Waals surface area contributed by atoms with E-state index in [4.69, 9.17) is 5.73 Å². The minimum Gasteiger partial charge on any atom is -0.397 e. The van der Waals surface area contributed by atoms with Crippen LogP contribution in [0.15, 0.2) is 21.1 Å². The Hall–Kier alpha value is -0.550. The van der Waals surface area contributed by atoms with Gasteiger partial charge in [0.2, 0.25) is 5.91 Å². The fraction of sp³-hybridized carbons (Fsp3) is 0.533. The SMILES string of the molecule is Nc1cc(Br)cc(Br)c1NC(=O)C1CCCCCCC1. The monoisotopic (exact) mass is 402 g/mol. The largest absolute Gasteiger partial charge is 0.397 e. The van der Waals surface area contributed by atoms with E-state index in [1.54, 1.807) is 6.07 Å². The molecule has 3 nitrogen and oxygen atoms in total. The minimum absolute atomic E-state index is 0.0987. The second-order valence-corrected chi connectivity index (χ2v) is 7.15. The third kappa shape index (κ3) is 4.22. The average Bonchev–Trinajstić information content (AvgIpc) is 2.33. The van der Waals surface area contributed by atoms with Crippen LogP contribution in [0.5, 0.6) is 0 Å². The lowest BCUT2D eigenvalue weighted by molar-refractivity contribution is -0.120. The van der Waals surface area contributed by atoms with E-state index in [1.165, 1.54) is 19.3 Å². The lowest BCUT2D eigenvalue weighted by Gasteiger charge is -2.20. The zero-order valence-corrected chi connectivity index (χ0v) is 14.6. The summed E-state index contributed by atoms with van der Waals surface area (Å²) in [5.74, 6) is 0.215. The molecule has 1 aromatic carbocycles. The molecule has 1 fully saturated rings. The molecule has 0 atom stereocenters. The van der Waals surface area contributed by atoms with E-state index >= 15 is 0 Å². The molecule has 0 saturated heterocycles. The molecule has 1 aliphatic carbocycles. The zero-order valence-electron chi connectivity index (χ0n) is 11.4. The molecule has 0 unspecified atom stereocenters. The molecule has 20 heavy (non-hydrogen) atoms. The van der Waals surface area contributed by atoms with Crippen LogP contribution in [-0.4, -0.2) is 5.91 Å². The van der Waals surface area contributed by atoms with Crippen molar-refractivity contribution in [2.45, 2.75) is 44.9 Å². The summed E-state index contributed by atoms with van der Waals surface area (Å²) in [5.41, 5.74) is 7.24. The lowest BCUT2D eigenvalue weighted by atomic mass is 9.90. The van der Waals surface area contributed by atoms with Crippen molar-refractivity contribution >= 4 is 49.1 Å². The van der Waals surface area contributed by atoms with E-state index in [-0.39, 0.29) is 11.8 Å². The number of amides is 1. The van der Waals surface area contributed by atoms with E-state index < -0.39 is 0 Å². The van der Waals surface area contributed by atoms with Crippen LogP contribution in [0, 0.1) is 5.92 Å². The highest BCUT2D eigenvalue weighted by Gasteiger charge is 2.21. The van der Waals surface area contributed by atoms with Crippen LogP contribution in [-0.2, 0) is 4.79 Å². The maximum Gasteiger partial charge on any atom is 0.227 e. The summed E-state index contributed by atoms with van der Waals surface area (Å²) in [6, 6.07) is 3.70. The van der Waals surface area contributed by atoms with Gasteiger partial charge in [0.05, 0.1) is 11.4 Å². The minimum atomic E-state index is 0.0987. The average molecular weight is 404 g/mol. The molecule has 1 amide bonds. The van der Waals surface area contributed by atoms with E-state index in [0.717, 1.165) is 34.6 Å². The Morgan fingerprint density at radius 1 is 1.10 bits per heavy atom. The van der Waals surface area contributed by atoms with Gasteiger partial charge in [-0.05, 0) is 40.9 Å². The maximum absolute atomic E-state index is 12.4. The quantitative estimate of drug-likeness (QED) is 0.675. The number of anilines is 2. The molecule has 2 rings (SSSR count). The first-order valence-corrected chi connectivity index (χ1v) is 8.72. The van der Waals surface area contributed by atoms with E-state index in [2.05, 4.69) is 37.2 Å². The first-order valence-electron chi connectivity index (χ1n) is 7.13. The van der Waals surface area contributed by atoms with Crippen molar-refractivity contribution in [3.63, 3.8) is 0 Å². The standard InChI is InChI=1S/C15H20Br2N2O/c16-11-8-12(17)14(13(18)9-11)19-15(20)10-6-4-2-1-3-5-7-10/h8-10H,1-7,18H2,(H,19,20). The predicted molar refractivity (Wildman–Crippen MR) is 90.7 cm³/mol. The zero-order chi connectivity index (χ0) is 14.5. The summed E-state index contributed by atoms with van der Waals surface area (Å²) in [5, 5.41) is 2.99. The molecule has 0 aliphatic heterocycles. The Bertz CT molecular complexity index is 460. The number of rotatable bonds is 2. The third-order valence-corrected chi connectivity index (χ3v) is 4.89. The topological polar surface area (TPSA) is 55.1 Å². The molecule has 0 spiro atoms. The van der Waals surface area contributed by atoms with Gasteiger partial charge in [-0.3, -0.25) is 4.79 Å². The summed E-state index contributed by atoms with van der Waals surface area (Å²) in [6.45, 7) is 0. The summed E-state index contributed by atoms with van der Waals surface area (Å²) >= 11 is 6.84. The van der Waals surface area contributed by atoms with Crippen molar-refractivity contribution in [2.24, 2.45) is 5.92 Å². The molecule has 0 heterocycles. The summed E-state index contributed by atoms with van der Waals surface area (Å²) < 4.78 is 1.70. The fourth-order valence-electron chi connectivity index (χ4n) is 2.67. The Morgan fingerprint density at radius 3 is 2.30 bits per heavy atom. The molecule has 0 bridgehead atoms. The van der Waals surface area contributed by atoms with E-state index in [0.29, 0.717) is 11.4 Å². The second-order valence-electron chi connectivity index (χ2n) is 5.38. The van der Waals surface area contributed by atoms with E-state index in [9.17, 15) is 4.79 Å². The van der Waals surface area contributed by atoms with Gasteiger partial charge in [0.15, 0.2) is 0 Å². The van der Waals surface area contributed by atoms with Crippen molar-refractivity contribution in [2.75, 3.05) is 11.1 Å². The predicted octanol–water partition coefficient (Wildman–Crippen LogP) is 5.09. The number of carbonyl (C=O) groups excluding carboxylic acids is 1. The molecule has 5 heteroatoms. The molecule has 1 aromatic rings. The third-order valence-electron chi connectivity index (χ3n) is 3.81. The van der Waals surface area contributed by atoms with Crippen LogP contribution in [0.3, 0.4) is 0 Å². The number of nitrogens with two attached hydrogens (primary N) is 1. The number of benzene rings is 1. The molecule has 0 radical (unpaired) electrons. The van der Waals surface area contributed by atoms with Crippen LogP contribution in [0.25, 0.3) is 0 Å². The summed E-state index contributed by atoms with van der Waals surface area (Å²) in [7, 11) is 0. The highest BCUT2D eigenvalue weighted by Crippen LogP contribution is 2.33. The van der Waals surface area contributed by atoms with Crippen molar-refractivity contribution in [3.05, 3.63) is 21.1 Å². The van der Waals surface area contributed by atoms with Crippen LogP contribution >= 0.6 is 31.9 Å². The number of nitrogen functional groups attached to an aromatic ring is 1. The van der Waals surface area contributed by atoms with Crippen molar-refractivity contribution in [1.82, 2.24) is 0 Å². The summed E-state index contributed by atoms with van der Waals surface area (Å²) in [6.07, 6.45) is 8.06. The smallest absolute Gasteiger partial charge is 0.227 e. The Balaban J connectivity index is 2.06. The number of nitrogens with one attached hydrogen (secondary N) is 1. The Kier molecular flexibility index (Phi) is 5.90. The van der Waals surface area contributed by atoms with Gasteiger partial charge in [-0.2, -0.15) is 0 Å². The number of hydrogen-bond donors (Lipinski definition) is 2. The van der Waals surface area contributed by atoms with Crippen LogP contribution in [0.1, 0.15) is 44.9 Å². The highest BCUT2D eigenvalue weighted by atomic mass is 79.9. The maximum atomic E-state index is 12.4.